The molecule has 31 heavy (non-hydrogen) atoms. The first-order valence-electron chi connectivity index (χ1n) is 10.3. The third-order valence-electron chi connectivity index (χ3n) is 5.29. The number of aryl methyl sites for hydroxylation is 1. The number of nitrogens with zero attached hydrogens (tertiary/aromatic N) is 1. The highest BCUT2D eigenvalue weighted by Crippen LogP contribution is 2.39. The van der Waals surface area contributed by atoms with Gasteiger partial charge in [-0.3, -0.25) is 9.52 Å². The van der Waals surface area contributed by atoms with Crippen LogP contribution in [0.15, 0.2) is 41.3 Å². The van der Waals surface area contributed by atoms with Crippen molar-refractivity contribution >= 4 is 38.9 Å². The first-order chi connectivity index (χ1) is 14.4. The lowest BCUT2D eigenvalue weighted by atomic mass is 9.92. The molecule has 1 heterocycles. The van der Waals surface area contributed by atoms with Gasteiger partial charge in [-0.15, -0.1) is 0 Å². The molecule has 0 radical (unpaired) electrons. The predicted molar refractivity (Wildman–Crippen MR) is 125 cm³/mol. The summed E-state index contributed by atoms with van der Waals surface area (Å²) in [5.74, 6) is 0.913. The van der Waals surface area contributed by atoms with E-state index in [9.17, 15) is 13.2 Å². The zero-order valence-corrected chi connectivity index (χ0v) is 20.1. The Morgan fingerprint density at radius 3 is 2.58 bits per heavy atom. The van der Waals surface area contributed by atoms with E-state index in [1.54, 1.807) is 42.2 Å². The minimum Gasteiger partial charge on any atom is -0.490 e. The number of hydrogen-bond acceptors (Lipinski definition) is 4. The zero-order valence-electron chi connectivity index (χ0n) is 18.5. The molecular weight excluding hydrogens is 436 g/mol. The highest BCUT2D eigenvalue weighted by Gasteiger charge is 2.37. The molecule has 0 fully saturated rings. The minimum absolute atomic E-state index is 0.00483. The molecule has 1 aliphatic rings. The topological polar surface area (TPSA) is 75.7 Å². The van der Waals surface area contributed by atoms with Crippen molar-refractivity contribution in [1.82, 2.24) is 0 Å². The van der Waals surface area contributed by atoms with Gasteiger partial charge in [0, 0.05) is 17.6 Å². The van der Waals surface area contributed by atoms with E-state index in [1.165, 1.54) is 6.07 Å². The van der Waals surface area contributed by atoms with Gasteiger partial charge in [0.25, 0.3) is 10.0 Å². The predicted octanol–water partition coefficient (Wildman–Crippen LogP) is 5.25. The second-order valence-corrected chi connectivity index (χ2v) is 11.1. The Hall–Kier alpha value is -2.25. The number of halogens is 1. The van der Waals surface area contributed by atoms with Crippen molar-refractivity contribution in [2.24, 2.45) is 11.3 Å². The van der Waals surface area contributed by atoms with Crippen molar-refractivity contribution in [1.29, 1.82) is 0 Å². The van der Waals surface area contributed by atoms with E-state index >= 15 is 0 Å². The number of anilines is 2. The van der Waals surface area contributed by atoms with Crippen LogP contribution in [0, 0.1) is 18.3 Å². The molecule has 1 N–H and O–H groups in total. The van der Waals surface area contributed by atoms with Gasteiger partial charge < -0.3 is 9.64 Å². The number of carbonyl (C=O) groups is 1. The quantitative estimate of drug-likeness (QED) is 0.633. The van der Waals surface area contributed by atoms with Crippen LogP contribution in [0.4, 0.5) is 11.4 Å². The highest BCUT2D eigenvalue weighted by atomic mass is 35.5. The van der Waals surface area contributed by atoms with E-state index in [4.69, 9.17) is 16.3 Å². The molecule has 0 bridgehead atoms. The van der Waals surface area contributed by atoms with Gasteiger partial charge in [0.1, 0.15) is 12.4 Å². The van der Waals surface area contributed by atoms with E-state index in [-0.39, 0.29) is 17.4 Å². The fourth-order valence-corrected chi connectivity index (χ4v) is 4.95. The van der Waals surface area contributed by atoms with E-state index in [0.29, 0.717) is 40.2 Å². The van der Waals surface area contributed by atoms with Crippen molar-refractivity contribution in [3.05, 3.63) is 47.0 Å². The van der Waals surface area contributed by atoms with Crippen molar-refractivity contribution in [3.63, 3.8) is 0 Å². The van der Waals surface area contributed by atoms with Gasteiger partial charge in [-0.05, 0) is 62.9 Å². The van der Waals surface area contributed by atoms with Crippen LogP contribution in [0.5, 0.6) is 5.75 Å². The number of rotatable bonds is 6. The molecule has 2 aromatic rings. The number of ether oxygens (including phenoxy) is 1. The fraction of sp³-hybridized carbons (Fsp3) is 0.435. The summed E-state index contributed by atoms with van der Waals surface area (Å²) >= 11 is 6.00. The molecule has 0 unspecified atom stereocenters. The first kappa shape index (κ1) is 23.4. The number of fused-ring (bicyclic) bond motifs is 1. The van der Waals surface area contributed by atoms with E-state index in [2.05, 4.69) is 18.6 Å². The Kier molecular flexibility index (Phi) is 6.58. The molecule has 1 aliphatic heterocycles. The molecule has 8 heteroatoms. The second-order valence-electron chi connectivity index (χ2n) is 9.01. The summed E-state index contributed by atoms with van der Waals surface area (Å²) in [4.78, 5) is 15.0. The van der Waals surface area contributed by atoms with Crippen LogP contribution in [0.1, 0.15) is 39.7 Å². The lowest BCUT2D eigenvalue weighted by Gasteiger charge is -2.28. The number of carbonyl (C=O) groups excluding carboxylic acids is 1. The summed E-state index contributed by atoms with van der Waals surface area (Å²) in [7, 11) is -3.84. The molecule has 0 saturated heterocycles. The molecule has 0 atom stereocenters. The normalized spacial score (nSPS) is 16.0. The lowest BCUT2D eigenvalue weighted by molar-refractivity contribution is -0.127. The maximum Gasteiger partial charge on any atom is 0.262 e. The van der Waals surface area contributed by atoms with E-state index < -0.39 is 15.4 Å². The SMILES string of the molecule is Cc1ccc(Cl)cc1S(=O)(=O)Nc1ccc2c(c1)OCC(C)(C)C(=O)N2CCC(C)C. The summed E-state index contributed by atoms with van der Waals surface area (Å²) in [6.45, 7) is 10.4. The first-order valence-corrected chi connectivity index (χ1v) is 12.1. The number of amides is 1. The molecular formula is C23H29ClN2O4S. The second kappa shape index (κ2) is 8.71. The number of benzene rings is 2. The standard InChI is InChI=1S/C23H29ClN2O4S/c1-15(2)10-11-26-19-9-8-18(13-20(19)30-14-23(4,5)22(26)27)25-31(28,29)21-12-17(24)7-6-16(21)3/h6-9,12-13,15,25H,10-11,14H2,1-5H3. The largest absolute Gasteiger partial charge is 0.490 e. The third-order valence-corrected chi connectivity index (χ3v) is 7.04. The number of hydrogen-bond donors (Lipinski definition) is 1. The monoisotopic (exact) mass is 464 g/mol. The molecule has 0 aliphatic carbocycles. The van der Waals surface area contributed by atoms with E-state index in [0.717, 1.165) is 6.42 Å². The number of sulfonamides is 1. The summed E-state index contributed by atoms with van der Waals surface area (Å²) in [6, 6.07) is 9.75. The van der Waals surface area contributed by atoms with Crippen LogP contribution < -0.4 is 14.4 Å². The lowest BCUT2D eigenvalue weighted by Crippen LogP contribution is -2.42. The Morgan fingerprint density at radius 2 is 1.90 bits per heavy atom. The summed E-state index contributed by atoms with van der Waals surface area (Å²) < 4.78 is 34.4. The zero-order chi connectivity index (χ0) is 23.0. The van der Waals surface area contributed by atoms with Crippen molar-refractivity contribution in [3.8, 4) is 5.75 Å². The average Bonchev–Trinajstić information content (AvgIpc) is 2.77. The van der Waals surface area contributed by atoms with Crippen LogP contribution in [0.3, 0.4) is 0 Å². The highest BCUT2D eigenvalue weighted by molar-refractivity contribution is 7.92. The molecule has 168 valence electrons. The minimum atomic E-state index is -3.84. The van der Waals surface area contributed by atoms with Crippen LogP contribution in [-0.2, 0) is 14.8 Å². The Morgan fingerprint density at radius 1 is 1.19 bits per heavy atom. The molecule has 0 saturated carbocycles. The molecule has 6 nitrogen and oxygen atoms in total. The van der Waals surface area contributed by atoms with Gasteiger partial charge >= 0.3 is 0 Å². The van der Waals surface area contributed by atoms with Crippen molar-refractivity contribution in [2.75, 3.05) is 22.8 Å². The van der Waals surface area contributed by atoms with E-state index in [1.807, 2.05) is 13.8 Å². The van der Waals surface area contributed by atoms with Crippen LogP contribution in [-0.4, -0.2) is 27.5 Å². The molecule has 0 aromatic heterocycles. The molecule has 0 spiro atoms. The Balaban J connectivity index is 1.96. The van der Waals surface area contributed by atoms with Gasteiger partial charge in [-0.25, -0.2) is 8.42 Å². The van der Waals surface area contributed by atoms with Crippen LogP contribution in [0.2, 0.25) is 5.02 Å². The van der Waals surface area contributed by atoms with Crippen LogP contribution in [0.25, 0.3) is 0 Å². The summed E-state index contributed by atoms with van der Waals surface area (Å²) in [5.41, 5.74) is 0.912. The summed E-state index contributed by atoms with van der Waals surface area (Å²) in [6.07, 6.45) is 0.851. The van der Waals surface area contributed by atoms with Gasteiger partial charge in [-0.2, -0.15) is 0 Å². The summed E-state index contributed by atoms with van der Waals surface area (Å²) in [5, 5.41) is 0.345. The fourth-order valence-electron chi connectivity index (χ4n) is 3.39. The van der Waals surface area contributed by atoms with Crippen molar-refractivity contribution in [2.45, 2.75) is 45.9 Å². The van der Waals surface area contributed by atoms with Crippen LogP contribution >= 0.6 is 11.6 Å². The van der Waals surface area contributed by atoms with Gasteiger partial charge in [0.15, 0.2) is 0 Å². The average molecular weight is 465 g/mol. The third kappa shape index (κ3) is 5.15. The van der Waals surface area contributed by atoms with Crippen molar-refractivity contribution < 1.29 is 17.9 Å². The molecule has 1 amide bonds. The Bertz CT molecular complexity index is 1100. The Labute approximate surface area is 189 Å². The smallest absolute Gasteiger partial charge is 0.262 e. The molecule has 2 aromatic carbocycles. The van der Waals surface area contributed by atoms with Gasteiger partial charge in [0.05, 0.1) is 21.7 Å². The van der Waals surface area contributed by atoms with Gasteiger partial charge in [0.2, 0.25) is 5.91 Å². The number of nitrogens with one attached hydrogen (secondary N) is 1. The maximum atomic E-state index is 13.1. The maximum absolute atomic E-state index is 13.1. The molecule has 3 rings (SSSR count). The van der Waals surface area contributed by atoms with Gasteiger partial charge in [-0.1, -0.05) is 31.5 Å².